The van der Waals surface area contributed by atoms with E-state index in [2.05, 4.69) is 12.3 Å². The molecule has 0 amide bonds. The van der Waals surface area contributed by atoms with Crippen LogP contribution in [0.2, 0.25) is 0 Å². The predicted octanol–water partition coefficient (Wildman–Crippen LogP) is 4.20. The van der Waals surface area contributed by atoms with Gasteiger partial charge in [0.05, 0.1) is 14.2 Å². The van der Waals surface area contributed by atoms with Gasteiger partial charge in [-0.15, -0.1) is 5.73 Å². The maximum Gasteiger partial charge on any atom is 0.331 e. The molecule has 4 heteroatoms. The van der Waals surface area contributed by atoms with Gasteiger partial charge in [-0.25, -0.2) is 4.79 Å². The van der Waals surface area contributed by atoms with E-state index in [0.29, 0.717) is 0 Å². The molecule has 0 heterocycles. The monoisotopic (exact) mass is 326 g/mol. The average Bonchev–Trinajstić information content (AvgIpc) is 2.61. The normalized spacial score (nSPS) is 12.6. The zero-order chi connectivity index (χ0) is 16.7. The highest BCUT2D eigenvalue weighted by molar-refractivity contribution is 8.01. The van der Waals surface area contributed by atoms with E-state index in [9.17, 15) is 4.79 Å². The van der Waals surface area contributed by atoms with Crippen molar-refractivity contribution < 1.29 is 14.3 Å². The number of benzene rings is 2. The third-order valence-electron chi connectivity index (χ3n) is 3.32. The highest BCUT2D eigenvalue weighted by Gasteiger charge is 2.40. The molecule has 0 radical (unpaired) electrons. The topological polar surface area (TPSA) is 35.5 Å². The molecule has 2 aromatic carbocycles. The van der Waals surface area contributed by atoms with Crippen LogP contribution in [0, 0.1) is 0 Å². The maximum absolute atomic E-state index is 12.6. The fraction of sp³-hybridized carbons (Fsp3) is 0.158. The Morgan fingerprint density at radius 3 is 2.52 bits per heavy atom. The van der Waals surface area contributed by atoms with E-state index < -0.39 is 4.75 Å². The van der Waals surface area contributed by atoms with Crippen molar-refractivity contribution in [3.8, 4) is 5.75 Å². The lowest BCUT2D eigenvalue weighted by Crippen LogP contribution is -2.31. The molecule has 118 valence electrons. The summed E-state index contributed by atoms with van der Waals surface area (Å²) in [7, 11) is 2.99. The van der Waals surface area contributed by atoms with Gasteiger partial charge in [-0.3, -0.25) is 0 Å². The van der Waals surface area contributed by atoms with Crippen LogP contribution in [0.1, 0.15) is 5.56 Å². The van der Waals surface area contributed by atoms with Crippen LogP contribution in [0.3, 0.4) is 0 Å². The van der Waals surface area contributed by atoms with Gasteiger partial charge in [0.15, 0.2) is 4.75 Å². The standard InChI is InChI=1S/C19H18O3S/c1-4-13-19(18(20)22-3,15-9-6-5-7-10-15)23-17-12-8-11-16(14-17)21-2/h5-14H,1H2,2-3H3. The van der Waals surface area contributed by atoms with E-state index in [-0.39, 0.29) is 5.97 Å². The summed E-state index contributed by atoms with van der Waals surface area (Å²) in [6.07, 6.45) is 1.64. The molecular weight excluding hydrogens is 308 g/mol. The second-order valence-electron chi connectivity index (χ2n) is 4.72. The van der Waals surface area contributed by atoms with Crippen molar-refractivity contribution in [2.75, 3.05) is 14.2 Å². The zero-order valence-electron chi connectivity index (χ0n) is 13.1. The first-order valence-corrected chi connectivity index (χ1v) is 7.82. The van der Waals surface area contributed by atoms with Crippen LogP contribution in [0.4, 0.5) is 0 Å². The first-order valence-electron chi connectivity index (χ1n) is 7.00. The van der Waals surface area contributed by atoms with Gasteiger partial charge in [0.1, 0.15) is 5.75 Å². The van der Waals surface area contributed by atoms with E-state index >= 15 is 0 Å². The van der Waals surface area contributed by atoms with Crippen LogP contribution in [0.15, 0.2) is 77.9 Å². The number of rotatable bonds is 6. The van der Waals surface area contributed by atoms with E-state index in [0.717, 1.165) is 16.2 Å². The molecule has 0 bridgehead atoms. The van der Waals surface area contributed by atoms with Gasteiger partial charge in [-0.1, -0.05) is 54.7 Å². The Balaban J connectivity index is 2.56. The second-order valence-corrected chi connectivity index (χ2v) is 6.04. The molecule has 2 rings (SSSR count). The molecule has 0 N–H and O–H groups in total. The minimum atomic E-state index is -1.05. The Labute approximate surface area is 140 Å². The number of hydrogen-bond acceptors (Lipinski definition) is 4. The first kappa shape index (κ1) is 16.9. The van der Waals surface area contributed by atoms with E-state index in [1.807, 2.05) is 54.6 Å². The lowest BCUT2D eigenvalue weighted by atomic mass is 9.98. The molecule has 0 saturated carbocycles. The summed E-state index contributed by atoms with van der Waals surface area (Å²) < 4.78 is 9.26. The fourth-order valence-corrected chi connectivity index (χ4v) is 3.48. The van der Waals surface area contributed by atoms with Gasteiger partial charge < -0.3 is 9.47 Å². The van der Waals surface area contributed by atoms with Crippen LogP contribution < -0.4 is 4.74 Å². The van der Waals surface area contributed by atoms with Crippen molar-refractivity contribution in [3.05, 3.63) is 78.5 Å². The molecule has 23 heavy (non-hydrogen) atoms. The number of esters is 1. The van der Waals surface area contributed by atoms with Crippen molar-refractivity contribution in [2.24, 2.45) is 0 Å². The van der Waals surface area contributed by atoms with Crippen LogP contribution in [0.25, 0.3) is 0 Å². The van der Waals surface area contributed by atoms with Crippen LogP contribution in [-0.4, -0.2) is 20.2 Å². The average molecular weight is 326 g/mol. The minimum Gasteiger partial charge on any atom is -0.497 e. The summed E-state index contributed by atoms with van der Waals surface area (Å²) in [5, 5.41) is 0. The van der Waals surface area contributed by atoms with Crippen molar-refractivity contribution in [1.82, 2.24) is 0 Å². The van der Waals surface area contributed by atoms with Gasteiger partial charge in [0, 0.05) is 4.90 Å². The molecule has 0 aliphatic rings. The molecule has 1 unspecified atom stereocenters. The molecule has 0 aliphatic carbocycles. The summed E-state index contributed by atoms with van der Waals surface area (Å²) in [6.45, 7) is 3.64. The first-order chi connectivity index (χ1) is 11.2. The zero-order valence-corrected chi connectivity index (χ0v) is 13.9. The number of carbonyl (C=O) groups excluding carboxylic acids is 1. The number of carbonyl (C=O) groups is 1. The number of thioether (sulfide) groups is 1. The quantitative estimate of drug-likeness (QED) is 0.453. The molecular formula is C19H18O3S. The Bertz CT molecular complexity index is 720. The molecule has 2 aromatic rings. The van der Waals surface area contributed by atoms with Gasteiger partial charge in [0.25, 0.3) is 0 Å². The maximum atomic E-state index is 12.6. The molecule has 0 aliphatic heterocycles. The van der Waals surface area contributed by atoms with E-state index in [1.54, 1.807) is 13.2 Å². The molecule has 0 fully saturated rings. The van der Waals surface area contributed by atoms with Crippen molar-refractivity contribution in [2.45, 2.75) is 9.64 Å². The Morgan fingerprint density at radius 2 is 1.91 bits per heavy atom. The highest BCUT2D eigenvalue weighted by Crippen LogP contribution is 2.44. The molecule has 0 aromatic heterocycles. The van der Waals surface area contributed by atoms with Gasteiger partial charge >= 0.3 is 5.97 Å². The van der Waals surface area contributed by atoms with Crippen LogP contribution >= 0.6 is 11.8 Å². The number of hydrogen-bond donors (Lipinski definition) is 0. The predicted molar refractivity (Wildman–Crippen MR) is 92.7 cm³/mol. The lowest BCUT2D eigenvalue weighted by Gasteiger charge is -2.27. The van der Waals surface area contributed by atoms with E-state index in [4.69, 9.17) is 9.47 Å². The Kier molecular flexibility index (Phi) is 5.69. The molecule has 3 nitrogen and oxygen atoms in total. The summed E-state index contributed by atoms with van der Waals surface area (Å²) in [4.78, 5) is 13.5. The van der Waals surface area contributed by atoms with Gasteiger partial charge in [0.2, 0.25) is 0 Å². The lowest BCUT2D eigenvalue weighted by molar-refractivity contribution is -0.142. The van der Waals surface area contributed by atoms with Crippen molar-refractivity contribution in [1.29, 1.82) is 0 Å². The summed E-state index contributed by atoms with van der Waals surface area (Å²) in [6, 6.07) is 17.0. The summed E-state index contributed by atoms with van der Waals surface area (Å²) in [5.74, 6) is 0.345. The Hall–Kier alpha value is -2.42. The third kappa shape index (κ3) is 3.67. The SMILES string of the molecule is C=C=CC(Sc1cccc(OC)c1)(C(=O)OC)c1ccccc1. The molecule has 0 spiro atoms. The van der Waals surface area contributed by atoms with Crippen LogP contribution in [0.5, 0.6) is 5.75 Å². The second kappa shape index (κ2) is 7.73. The largest absolute Gasteiger partial charge is 0.497 e. The summed E-state index contributed by atoms with van der Waals surface area (Å²) in [5.41, 5.74) is 3.54. The molecule has 0 saturated heterocycles. The minimum absolute atomic E-state index is 0.382. The smallest absolute Gasteiger partial charge is 0.331 e. The fourth-order valence-electron chi connectivity index (χ4n) is 2.22. The third-order valence-corrected chi connectivity index (χ3v) is 4.65. The molecule has 1 atom stereocenters. The van der Waals surface area contributed by atoms with Gasteiger partial charge in [-0.05, 0) is 29.8 Å². The number of methoxy groups -OCH3 is 2. The summed E-state index contributed by atoms with van der Waals surface area (Å²) >= 11 is 1.36. The van der Waals surface area contributed by atoms with Crippen molar-refractivity contribution in [3.63, 3.8) is 0 Å². The number of ether oxygens (including phenoxy) is 2. The van der Waals surface area contributed by atoms with Crippen LogP contribution in [-0.2, 0) is 14.3 Å². The Morgan fingerprint density at radius 1 is 1.17 bits per heavy atom. The van der Waals surface area contributed by atoms with Crippen molar-refractivity contribution >= 4 is 17.7 Å². The van der Waals surface area contributed by atoms with Gasteiger partial charge in [-0.2, -0.15) is 0 Å². The van der Waals surface area contributed by atoms with E-state index in [1.165, 1.54) is 18.9 Å². The highest BCUT2D eigenvalue weighted by atomic mass is 32.2.